The van der Waals surface area contributed by atoms with Crippen LogP contribution in [0, 0.1) is 12.7 Å². The Morgan fingerprint density at radius 2 is 2.19 bits per heavy atom. The van der Waals surface area contributed by atoms with Gasteiger partial charge in [-0.25, -0.2) is 4.39 Å². The third kappa shape index (κ3) is 1.84. The summed E-state index contributed by atoms with van der Waals surface area (Å²) in [6.45, 7) is -1.55. The number of hydrogen-bond donors (Lipinski definition) is 1. The molecule has 0 radical (unpaired) electrons. The van der Waals surface area contributed by atoms with Crippen molar-refractivity contribution in [2.75, 3.05) is 0 Å². The van der Waals surface area contributed by atoms with E-state index in [1.807, 2.05) is 0 Å². The molecule has 3 nitrogen and oxygen atoms in total. The Labute approximate surface area is 96.3 Å². The molecule has 1 heterocycles. The molecule has 4 heteroatoms. The van der Waals surface area contributed by atoms with Crippen molar-refractivity contribution < 1.29 is 12.3 Å². The topological polar surface area (TPSA) is 42.2 Å². The molecule has 0 amide bonds. The summed E-state index contributed by atoms with van der Waals surface area (Å²) in [7, 11) is 0. The molecule has 0 spiro atoms. The van der Waals surface area contributed by atoms with E-state index in [0.29, 0.717) is 4.73 Å². The number of halogens is 1. The predicted molar refractivity (Wildman–Crippen MR) is 58.4 cm³/mol. The third-order valence-corrected chi connectivity index (χ3v) is 3.19. The highest BCUT2D eigenvalue weighted by Crippen LogP contribution is 2.33. The summed E-state index contributed by atoms with van der Waals surface area (Å²) in [6.07, 6.45) is 4.40. The van der Waals surface area contributed by atoms with Crippen LogP contribution in [0.4, 0.5) is 4.39 Å². The van der Waals surface area contributed by atoms with E-state index in [1.165, 1.54) is 0 Å². The monoisotopic (exact) mass is 227 g/mol. The fraction of sp³-hybridized carbons (Fsp3) is 0.583. The summed E-state index contributed by atoms with van der Waals surface area (Å²) < 4.78 is 29.0. The summed E-state index contributed by atoms with van der Waals surface area (Å²) in [6, 6.07) is 0.826. The van der Waals surface area contributed by atoms with E-state index in [4.69, 9.17) is 2.74 Å². The van der Waals surface area contributed by atoms with Crippen molar-refractivity contribution in [3.63, 3.8) is 0 Å². The lowest BCUT2D eigenvalue weighted by atomic mass is 9.86. The van der Waals surface area contributed by atoms with Gasteiger partial charge < -0.3 is 5.21 Å². The van der Waals surface area contributed by atoms with Gasteiger partial charge in [0.2, 0.25) is 0 Å². The van der Waals surface area contributed by atoms with Crippen LogP contribution in [0.1, 0.15) is 52.0 Å². The highest BCUT2D eigenvalue weighted by molar-refractivity contribution is 5.22. The maximum atomic E-state index is 14.2. The van der Waals surface area contributed by atoms with Crippen LogP contribution in [0.5, 0.6) is 0 Å². The molecule has 1 aromatic heterocycles. The van der Waals surface area contributed by atoms with Crippen molar-refractivity contribution in [1.82, 2.24) is 4.73 Å². The molecule has 0 aliphatic heterocycles. The van der Waals surface area contributed by atoms with Crippen LogP contribution in [0.3, 0.4) is 0 Å². The molecule has 0 aromatic carbocycles. The maximum absolute atomic E-state index is 14.2. The highest BCUT2D eigenvalue weighted by Gasteiger charge is 2.24. The zero-order valence-corrected chi connectivity index (χ0v) is 8.95. The van der Waals surface area contributed by atoms with Gasteiger partial charge in [0.05, 0.1) is 0 Å². The molecule has 1 aliphatic rings. The van der Waals surface area contributed by atoms with Crippen LogP contribution < -0.4 is 5.56 Å². The van der Waals surface area contributed by atoms with E-state index >= 15 is 0 Å². The van der Waals surface area contributed by atoms with Crippen molar-refractivity contribution in [3.8, 4) is 0 Å². The second-order valence-corrected chi connectivity index (χ2v) is 4.28. The smallest absolute Gasteiger partial charge is 0.283 e. The number of hydrogen-bond acceptors (Lipinski definition) is 2. The molecule has 1 saturated carbocycles. The van der Waals surface area contributed by atoms with E-state index in [0.717, 1.165) is 38.2 Å². The standard InChI is InChI=1S/C12H16FNO2/c1-8-7-10(15)14(16)12(11(8)13)9-5-3-2-4-6-9/h7,9,16H,2-6H2,1H3/i1D2. The maximum Gasteiger partial charge on any atom is 0.283 e. The lowest BCUT2D eigenvalue weighted by Gasteiger charge is -2.23. The number of aryl methyl sites for hydroxylation is 1. The molecule has 1 N–H and O–H groups in total. The lowest BCUT2D eigenvalue weighted by molar-refractivity contribution is 0.151. The molecule has 1 aromatic rings. The zero-order valence-electron chi connectivity index (χ0n) is 10.9. The van der Waals surface area contributed by atoms with E-state index < -0.39 is 18.3 Å². The van der Waals surface area contributed by atoms with Gasteiger partial charge in [-0.05, 0) is 25.3 Å². The molecule has 1 aliphatic carbocycles. The first-order valence-electron chi connectivity index (χ1n) is 6.67. The van der Waals surface area contributed by atoms with E-state index in [1.54, 1.807) is 0 Å². The molecule has 1 fully saturated rings. The summed E-state index contributed by atoms with van der Waals surface area (Å²) in [5.41, 5.74) is -1.08. The fourth-order valence-electron chi connectivity index (χ4n) is 2.35. The van der Waals surface area contributed by atoms with Gasteiger partial charge >= 0.3 is 0 Å². The van der Waals surface area contributed by atoms with Crippen LogP contribution in [0.2, 0.25) is 0 Å². The van der Waals surface area contributed by atoms with E-state index in [9.17, 15) is 14.4 Å². The molecule has 0 atom stereocenters. The average Bonchev–Trinajstić information content (AvgIpc) is 2.35. The Morgan fingerprint density at radius 1 is 1.50 bits per heavy atom. The van der Waals surface area contributed by atoms with Gasteiger partial charge in [-0.3, -0.25) is 4.79 Å². The van der Waals surface area contributed by atoms with Crippen molar-refractivity contribution in [3.05, 3.63) is 33.5 Å². The number of nitrogens with zero attached hydrogens (tertiary/aromatic N) is 1. The van der Waals surface area contributed by atoms with Gasteiger partial charge in [-0.2, -0.15) is 0 Å². The van der Waals surface area contributed by atoms with Crippen molar-refractivity contribution in [2.45, 2.75) is 44.9 Å². The summed E-state index contributed by atoms with van der Waals surface area (Å²) in [5.74, 6) is -0.978. The Kier molecular flexibility index (Phi) is 2.35. The van der Waals surface area contributed by atoms with Gasteiger partial charge in [-0.1, -0.05) is 19.3 Å². The van der Waals surface area contributed by atoms with E-state index in [-0.39, 0.29) is 17.2 Å². The first-order chi connectivity index (χ1) is 8.52. The average molecular weight is 227 g/mol. The van der Waals surface area contributed by atoms with Crippen LogP contribution in [0.15, 0.2) is 10.9 Å². The molecule has 0 unspecified atom stereocenters. The lowest BCUT2D eigenvalue weighted by Crippen LogP contribution is -2.26. The number of pyridine rings is 1. The number of rotatable bonds is 1. The molecule has 0 saturated heterocycles. The second-order valence-electron chi connectivity index (χ2n) is 4.28. The van der Waals surface area contributed by atoms with Crippen LogP contribution >= 0.6 is 0 Å². The van der Waals surface area contributed by atoms with Gasteiger partial charge in [-0.15, -0.1) is 4.73 Å². The third-order valence-electron chi connectivity index (χ3n) is 3.19. The molecular weight excluding hydrogens is 209 g/mol. The minimum absolute atomic E-state index is 0.0540. The van der Waals surface area contributed by atoms with Crippen molar-refractivity contribution in [1.29, 1.82) is 0 Å². The molecule has 88 valence electrons. The predicted octanol–water partition coefficient (Wildman–Crippen LogP) is 2.58. The van der Waals surface area contributed by atoms with Gasteiger partial charge in [0.25, 0.3) is 5.56 Å². The molecular formula is C12H16FNO2. The van der Waals surface area contributed by atoms with Crippen LogP contribution in [0.25, 0.3) is 0 Å². The SMILES string of the molecule is [2H]C([2H])c1cc(=O)n(O)c(C2CCCCC2)c1F. The summed E-state index contributed by atoms with van der Waals surface area (Å²) in [4.78, 5) is 11.5. The quantitative estimate of drug-likeness (QED) is 0.749. The first-order valence-corrected chi connectivity index (χ1v) is 5.51. The molecule has 0 bridgehead atoms. The van der Waals surface area contributed by atoms with Crippen LogP contribution in [-0.4, -0.2) is 9.94 Å². The van der Waals surface area contributed by atoms with Gasteiger partial charge in [0.15, 0.2) is 0 Å². The van der Waals surface area contributed by atoms with Gasteiger partial charge in [0, 0.05) is 14.7 Å². The minimum atomic E-state index is -1.55. The molecule has 16 heavy (non-hydrogen) atoms. The highest BCUT2D eigenvalue weighted by atomic mass is 19.1. The van der Waals surface area contributed by atoms with Crippen molar-refractivity contribution in [2.24, 2.45) is 0 Å². The normalized spacial score (nSPS) is 19.6. The van der Waals surface area contributed by atoms with E-state index in [2.05, 4.69) is 0 Å². The molecule has 2 rings (SSSR count). The van der Waals surface area contributed by atoms with Crippen molar-refractivity contribution >= 4 is 0 Å². The minimum Gasteiger partial charge on any atom is -0.425 e. The van der Waals surface area contributed by atoms with Gasteiger partial charge in [0.1, 0.15) is 11.5 Å². The summed E-state index contributed by atoms with van der Waals surface area (Å²) in [5, 5.41) is 9.68. The number of aromatic nitrogens is 1. The Morgan fingerprint density at radius 3 is 2.81 bits per heavy atom. The zero-order chi connectivity index (χ0) is 13.3. The Hall–Kier alpha value is -1.32. The first kappa shape index (κ1) is 8.79. The van der Waals surface area contributed by atoms with Crippen LogP contribution in [-0.2, 0) is 0 Å². The fourth-order valence-corrected chi connectivity index (χ4v) is 2.35. The largest absolute Gasteiger partial charge is 0.425 e. The Balaban J connectivity index is 2.53. The second kappa shape index (κ2) is 4.28. The Bertz CT molecular complexity index is 496. The summed E-state index contributed by atoms with van der Waals surface area (Å²) >= 11 is 0.